The number of hydrogen-bond donors (Lipinski definition) is 1. The predicted molar refractivity (Wildman–Crippen MR) is 37.5 cm³/mol. The Balaban J connectivity index is 3.79. The summed E-state index contributed by atoms with van der Waals surface area (Å²) in [6.45, 7) is 3.77. The highest BCUT2D eigenvalue weighted by molar-refractivity contribution is 5.23. The van der Waals surface area contributed by atoms with Crippen LogP contribution < -0.4 is 0 Å². The molecule has 0 aromatic carbocycles. The first-order chi connectivity index (χ1) is 4.18. The molecule has 9 heavy (non-hydrogen) atoms. The highest BCUT2D eigenvalue weighted by atomic mass is 16.3. The second-order valence-corrected chi connectivity index (χ2v) is 2.10. The molecule has 0 heterocycles. The molecule has 0 aromatic heterocycles. The zero-order valence-corrected chi connectivity index (χ0v) is 5.68. The molecule has 48 valence electrons. The number of aliphatic hydroxyl groups is 1. The van der Waals surface area contributed by atoms with Gasteiger partial charge in [-0.2, -0.15) is 0 Å². The van der Waals surface area contributed by atoms with Crippen molar-refractivity contribution in [3.63, 3.8) is 0 Å². The summed E-state index contributed by atoms with van der Waals surface area (Å²) in [6.07, 6.45) is 4.26. The molecule has 0 saturated carbocycles. The Hall–Kier alpha value is -0.920. The standard InChI is InChI=1S/C8H10O/c1-4-5-6-8(9)7(2)3/h1,7-9H,2-3H3/t8-/m1/s1. The number of terminal acetylenes is 1. The normalized spacial score (nSPS) is 11.4. The zero-order valence-electron chi connectivity index (χ0n) is 5.68. The van der Waals surface area contributed by atoms with Gasteiger partial charge < -0.3 is 5.11 Å². The predicted octanol–water partition coefficient (Wildman–Crippen LogP) is 0.640. The van der Waals surface area contributed by atoms with E-state index in [1.54, 1.807) is 0 Å². The maximum atomic E-state index is 8.99. The lowest BCUT2D eigenvalue weighted by Gasteiger charge is -2.04. The first kappa shape index (κ1) is 8.08. The Morgan fingerprint density at radius 3 is 2.33 bits per heavy atom. The van der Waals surface area contributed by atoms with Crippen LogP contribution in [0.4, 0.5) is 0 Å². The van der Waals surface area contributed by atoms with E-state index in [-0.39, 0.29) is 5.92 Å². The van der Waals surface area contributed by atoms with Crippen molar-refractivity contribution in [3.05, 3.63) is 0 Å². The molecule has 0 spiro atoms. The lowest BCUT2D eigenvalue weighted by molar-refractivity contribution is 0.181. The second-order valence-electron chi connectivity index (χ2n) is 2.10. The summed E-state index contributed by atoms with van der Waals surface area (Å²) in [6, 6.07) is 0. The molecular weight excluding hydrogens is 112 g/mol. The summed E-state index contributed by atoms with van der Waals surface area (Å²) in [5.74, 6) is 7.15. The molecular formula is C8H10O. The van der Waals surface area contributed by atoms with Gasteiger partial charge in [0.2, 0.25) is 0 Å². The van der Waals surface area contributed by atoms with Gasteiger partial charge in [-0.3, -0.25) is 0 Å². The van der Waals surface area contributed by atoms with E-state index in [1.165, 1.54) is 0 Å². The fraction of sp³-hybridized carbons (Fsp3) is 0.500. The van der Waals surface area contributed by atoms with Crippen molar-refractivity contribution in [1.82, 2.24) is 0 Å². The average Bonchev–Trinajstić information content (AvgIpc) is 1.82. The molecule has 1 atom stereocenters. The summed E-state index contributed by atoms with van der Waals surface area (Å²) < 4.78 is 0. The van der Waals surface area contributed by atoms with Crippen molar-refractivity contribution >= 4 is 0 Å². The van der Waals surface area contributed by atoms with E-state index in [1.807, 2.05) is 13.8 Å². The van der Waals surface area contributed by atoms with Crippen LogP contribution in [-0.2, 0) is 0 Å². The van der Waals surface area contributed by atoms with E-state index in [0.717, 1.165) is 0 Å². The maximum absolute atomic E-state index is 8.99. The van der Waals surface area contributed by atoms with E-state index < -0.39 is 6.10 Å². The van der Waals surface area contributed by atoms with Gasteiger partial charge in [-0.1, -0.05) is 19.8 Å². The van der Waals surface area contributed by atoms with Crippen LogP contribution in [0.2, 0.25) is 0 Å². The fourth-order valence-corrected chi connectivity index (χ4v) is 0.282. The Morgan fingerprint density at radius 2 is 2.00 bits per heavy atom. The molecule has 0 aliphatic heterocycles. The summed E-state index contributed by atoms with van der Waals surface area (Å²) >= 11 is 0. The summed E-state index contributed by atoms with van der Waals surface area (Å²) in [5.41, 5.74) is 0. The van der Waals surface area contributed by atoms with E-state index in [0.29, 0.717) is 0 Å². The third-order valence-electron chi connectivity index (χ3n) is 0.924. The van der Waals surface area contributed by atoms with Crippen LogP contribution in [0.3, 0.4) is 0 Å². The minimum absolute atomic E-state index is 0.158. The van der Waals surface area contributed by atoms with Gasteiger partial charge in [0.05, 0.1) is 0 Å². The number of rotatable bonds is 1. The van der Waals surface area contributed by atoms with Crippen molar-refractivity contribution in [2.75, 3.05) is 0 Å². The zero-order chi connectivity index (χ0) is 7.28. The third-order valence-corrected chi connectivity index (χ3v) is 0.924. The second kappa shape index (κ2) is 4.01. The van der Waals surface area contributed by atoms with Gasteiger partial charge in [-0.15, -0.1) is 6.42 Å². The van der Waals surface area contributed by atoms with E-state index in [4.69, 9.17) is 11.5 Å². The van der Waals surface area contributed by atoms with Gasteiger partial charge in [0, 0.05) is 0 Å². The van der Waals surface area contributed by atoms with Gasteiger partial charge in [-0.05, 0) is 17.8 Å². The third kappa shape index (κ3) is 3.64. The van der Waals surface area contributed by atoms with Crippen molar-refractivity contribution in [2.45, 2.75) is 20.0 Å². The largest absolute Gasteiger partial charge is 0.380 e. The Kier molecular flexibility index (Phi) is 3.60. The molecule has 0 aromatic rings. The fourth-order valence-electron chi connectivity index (χ4n) is 0.282. The van der Waals surface area contributed by atoms with Gasteiger partial charge in [-0.25, -0.2) is 0 Å². The molecule has 0 unspecified atom stereocenters. The molecule has 0 aliphatic rings. The van der Waals surface area contributed by atoms with E-state index in [2.05, 4.69) is 17.8 Å². The van der Waals surface area contributed by atoms with Crippen molar-refractivity contribution in [3.8, 4) is 24.2 Å². The van der Waals surface area contributed by atoms with E-state index >= 15 is 0 Å². The molecule has 0 rings (SSSR count). The van der Waals surface area contributed by atoms with E-state index in [9.17, 15) is 0 Å². The molecule has 1 nitrogen and oxygen atoms in total. The molecule has 0 saturated heterocycles. The van der Waals surface area contributed by atoms with Gasteiger partial charge in [0.25, 0.3) is 0 Å². The first-order valence-electron chi connectivity index (χ1n) is 2.82. The number of hydrogen-bond acceptors (Lipinski definition) is 1. The highest BCUT2D eigenvalue weighted by Crippen LogP contribution is 1.97. The lowest BCUT2D eigenvalue weighted by Crippen LogP contribution is -2.10. The molecule has 0 fully saturated rings. The maximum Gasteiger partial charge on any atom is 0.118 e. The SMILES string of the molecule is C#CC#C[C@@H](O)C(C)C. The van der Waals surface area contributed by atoms with Gasteiger partial charge >= 0.3 is 0 Å². The quantitative estimate of drug-likeness (QED) is 0.506. The van der Waals surface area contributed by atoms with Gasteiger partial charge in [0.15, 0.2) is 0 Å². The molecule has 0 bridgehead atoms. The summed E-state index contributed by atoms with van der Waals surface area (Å²) in [4.78, 5) is 0. The minimum atomic E-state index is -0.582. The molecule has 0 radical (unpaired) electrons. The van der Waals surface area contributed by atoms with Gasteiger partial charge in [0.1, 0.15) is 6.10 Å². The van der Waals surface area contributed by atoms with Crippen molar-refractivity contribution in [2.24, 2.45) is 5.92 Å². The molecule has 0 aliphatic carbocycles. The minimum Gasteiger partial charge on any atom is -0.380 e. The van der Waals surface area contributed by atoms with Crippen LogP contribution in [0.25, 0.3) is 0 Å². The van der Waals surface area contributed by atoms with Crippen molar-refractivity contribution < 1.29 is 5.11 Å². The topological polar surface area (TPSA) is 20.2 Å². The average molecular weight is 122 g/mol. The Morgan fingerprint density at radius 1 is 1.44 bits per heavy atom. The van der Waals surface area contributed by atoms with Crippen LogP contribution in [0.1, 0.15) is 13.8 Å². The van der Waals surface area contributed by atoms with Crippen LogP contribution in [-0.4, -0.2) is 11.2 Å². The van der Waals surface area contributed by atoms with Crippen LogP contribution >= 0.6 is 0 Å². The Bertz CT molecular complexity index is 163. The highest BCUT2D eigenvalue weighted by Gasteiger charge is 2.02. The first-order valence-corrected chi connectivity index (χ1v) is 2.82. The molecule has 1 heteroatoms. The van der Waals surface area contributed by atoms with Crippen molar-refractivity contribution in [1.29, 1.82) is 0 Å². The lowest BCUT2D eigenvalue weighted by atomic mass is 10.1. The summed E-state index contributed by atoms with van der Waals surface area (Å²) in [5, 5.41) is 8.99. The van der Waals surface area contributed by atoms with Crippen LogP contribution in [0.15, 0.2) is 0 Å². The monoisotopic (exact) mass is 122 g/mol. The number of aliphatic hydroxyl groups excluding tert-OH is 1. The summed E-state index contributed by atoms with van der Waals surface area (Å²) in [7, 11) is 0. The Labute approximate surface area is 56.1 Å². The smallest absolute Gasteiger partial charge is 0.118 e. The van der Waals surface area contributed by atoms with Crippen LogP contribution in [0.5, 0.6) is 0 Å². The van der Waals surface area contributed by atoms with Crippen LogP contribution in [0, 0.1) is 30.1 Å². The molecule has 0 amide bonds. The molecule has 1 N–H and O–H groups in total.